The second-order valence-electron chi connectivity index (χ2n) is 4.30. The summed E-state index contributed by atoms with van der Waals surface area (Å²) < 4.78 is 0. The fourth-order valence-corrected chi connectivity index (χ4v) is 1.54. The molecule has 1 aromatic rings. The third kappa shape index (κ3) is 3.13. The molecule has 2 rings (SSSR count). The number of hydrogen-bond acceptors (Lipinski definition) is 4. The number of benzene rings is 1. The molecule has 1 aromatic carbocycles. The summed E-state index contributed by atoms with van der Waals surface area (Å²) in [7, 11) is 0. The number of anilines is 2. The van der Waals surface area contributed by atoms with Crippen molar-refractivity contribution in [3.05, 3.63) is 23.8 Å². The maximum absolute atomic E-state index is 11.4. The van der Waals surface area contributed by atoms with E-state index in [1.165, 1.54) is 12.1 Å². The summed E-state index contributed by atoms with van der Waals surface area (Å²) >= 11 is 0. The summed E-state index contributed by atoms with van der Waals surface area (Å²) in [5, 5.41) is 14.5. The molecule has 1 fully saturated rings. The highest BCUT2D eigenvalue weighted by Crippen LogP contribution is 2.20. The number of carbonyl (C=O) groups excluding carboxylic acids is 1. The zero-order valence-corrected chi connectivity index (χ0v) is 9.77. The largest absolute Gasteiger partial charge is 0.478 e. The van der Waals surface area contributed by atoms with Crippen LogP contribution in [0.25, 0.3) is 0 Å². The maximum Gasteiger partial charge on any atom is 0.335 e. The van der Waals surface area contributed by atoms with E-state index in [0.717, 1.165) is 12.8 Å². The molecule has 1 saturated carbocycles. The average Bonchev–Trinajstić information content (AvgIpc) is 3.11. The standard InChI is InChI=1S/C12H15N3O3/c13-9-5-7(12(17)18)1-4-10(9)14-6-11(16)15-8-2-3-8/h1,4-5,8,14H,2-3,6,13H2,(H,15,16)(H,17,18). The second kappa shape index (κ2) is 4.95. The van der Waals surface area contributed by atoms with E-state index in [2.05, 4.69) is 10.6 Å². The number of nitrogens with two attached hydrogens (primary N) is 1. The third-order valence-electron chi connectivity index (χ3n) is 2.68. The Hall–Kier alpha value is -2.24. The van der Waals surface area contributed by atoms with Gasteiger partial charge in [0, 0.05) is 6.04 Å². The van der Waals surface area contributed by atoms with Crippen molar-refractivity contribution in [2.45, 2.75) is 18.9 Å². The lowest BCUT2D eigenvalue weighted by atomic mass is 10.2. The van der Waals surface area contributed by atoms with Gasteiger partial charge in [0.15, 0.2) is 0 Å². The summed E-state index contributed by atoms with van der Waals surface area (Å²) in [6.07, 6.45) is 2.09. The van der Waals surface area contributed by atoms with E-state index in [1.807, 2.05) is 0 Å². The number of nitrogen functional groups attached to an aromatic ring is 1. The summed E-state index contributed by atoms with van der Waals surface area (Å²) in [6, 6.07) is 4.69. The SMILES string of the molecule is Nc1cc(C(=O)O)ccc1NCC(=O)NC1CC1. The molecule has 1 amide bonds. The Bertz CT molecular complexity index is 483. The van der Waals surface area contributed by atoms with E-state index in [0.29, 0.717) is 17.4 Å². The van der Waals surface area contributed by atoms with Crippen LogP contribution in [0, 0.1) is 0 Å². The van der Waals surface area contributed by atoms with E-state index in [-0.39, 0.29) is 18.0 Å². The number of amides is 1. The Labute approximate surface area is 104 Å². The van der Waals surface area contributed by atoms with Gasteiger partial charge in [-0.1, -0.05) is 0 Å². The molecule has 0 atom stereocenters. The summed E-state index contributed by atoms with van der Waals surface area (Å²) in [5.74, 6) is -1.11. The van der Waals surface area contributed by atoms with Gasteiger partial charge in [-0.3, -0.25) is 4.79 Å². The monoisotopic (exact) mass is 249 g/mol. The molecule has 0 unspecified atom stereocenters. The molecule has 6 nitrogen and oxygen atoms in total. The Kier molecular flexibility index (Phi) is 3.36. The number of carboxylic acids is 1. The van der Waals surface area contributed by atoms with Gasteiger partial charge in [-0.2, -0.15) is 0 Å². The fraction of sp³-hybridized carbons (Fsp3) is 0.333. The molecule has 0 aliphatic heterocycles. The van der Waals surface area contributed by atoms with Crippen molar-refractivity contribution in [2.75, 3.05) is 17.6 Å². The van der Waals surface area contributed by atoms with E-state index >= 15 is 0 Å². The van der Waals surface area contributed by atoms with E-state index in [1.54, 1.807) is 6.07 Å². The van der Waals surface area contributed by atoms with Crippen LogP contribution < -0.4 is 16.4 Å². The van der Waals surface area contributed by atoms with Crippen LogP contribution in [-0.2, 0) is 4.79 Å². The van der Waals surface area contributed by atoms with Gasteiger partial charge >= 0.3 is 5.97 Å². The predicted molar refractivity (Wildman–Crippen MR) is 67.5 cm³/mol. The van der Waals surface area contributed by atoms with Gasteiger partial charge in [0.2, 0.25) is 5.91 Å². The van der Waals surface area contributed by atoms with Crippen LogP contribution in [0.3, 0.4) is 0 Å². The maximum atomic E-state index is 11.4. The molecule has 0 radical (unpaired) electrons. The number of aromatic carboxylic acids is 1. The van der Waals surface area contributed by atoms with Crippen LogP contribution in [-0.4, -0.2) is 29.6 Å². The Morgan fingerprint density at radius 1 is 1.39 bits per heavy atom. The van der Waals surface area contributed by atoms with Crippen LogP contribution in [0.5, 0.6) is 0 Å². The zero-order chi connectivity index (χ0) is 13.1. The number of carbonyl (C=O) groups is 2. The van der Waals surface area contributed by atoms with Gasteiger partial charge in [0.1, 0.15) is 0 Å². The molecular weight excluding hydrogens is 234 g/mol. The van der Waals surface area contributed by atoms with Gasteiger partial charge in [-0.05, 0) is 31.0 Å². The van der Waals surface area contributed by atoms with Gasteiger partial charge in [-0.15, -0.1) is 0 Å². The van der Waals surface area contributed by atoms with Crippen molar-refractivity contribution in [1.29, 1.82) is 0 Å². The molecule has 96 valence electrons. The lowest BCUT2D eigenvalue weighted by molar-refractivity contribution is -0.119. The topological polar surface area (TPSA) is 104 Å². The van der Waals surface area contributed by atoms with E-state index in [9.17, 15) is 9.59 Å². The molecule has 0 aromatic heterocycles. The van der Waals surface area contributed by atoms with Crippen LogP contribution in [0.15, 0.2) is 18.2 Å². The van der Waals surface area contributed by atoms with Gasteiger partial charge < -0.3 is 21.5 Å². The molecule has 1 aliphatic rings. The number of nitrogens with one attached hydrogen (secondary N) is 2. The van der Waals surface area contributed by atoms with Gasteiger partial charge in [-0.25, -0.2) is 4.79 Å². The average molecular weight is 249 g/mol. The number of rotatable bonds is 5. The van der Waals surface area contributed by atoms with Crippen molar-refractivity contribution < 1.29 is 14.7 Å². The number of carboxylic acid groups (broad SMARTS) is 1. The van der Waals surface area contributed by atoms with Crippen LogP contribution >= 0.6 is 0 Å². The molecule has 6 heteroatoms. The second-order valence-corrected chi connectivity index (χ2v) is 4.30. The normalized spacial score (nSPS) is 14.0. The smallest absolute Gasteiger partial charge is 0.335 e. The third-order valence-corrected chi connectivity index (χ3v) is 2.68. The van der Waals surface area contributed by atoms with Crippen molar-refractivity contribution in [2.24, 2.45) is 0 Å². The first-order valence-corrected chi connectivity index (χ1v) is 5.72. The highest BCUT2D eigenvalue weighted by Gasteiger charge is 2.22. The molecule has 0 saturated heterocycles. The molecule has 0 spiro atoms. The van der Waals surface area contributed by atoms with Crippen molar-refractivity contribution in [1.82, 2.24) is 5.32 Å². The van der Waals surface area contributed by atoms with Crippen molar-refractivity contribution in [3.8, 4) is 0 Å². The summed E-state index contributed by atoms with van der Waals surface area (Å²) in [6.45, 7) is 0.132. The molecule has 1 aliphatic carbocycles. The lowest BCUT2D eigenvalue weighted by Gasteiger charge is -2.10. The minimum Gasteiger partial charge on any atom is -0.478 e. The minimum absolute atomic E-state index is 0.0841. The van der Waals surface area contributed by atoms with Crippen molar-refractivity contribution >= 4 is 23.3 Å². The lowest BCUT2D eigenvalue weighted by Crippen LogP contribution is -2.31. The molecule has 0 bridgehead atoms. The Morgan fingerprint density at radius 3 is 2.67 bits per heavy atom. The quantitative estimate of drug-likeness (QED) is 0.574. The fourth-order valence-electron chi connectivity index (χ4n) is 1.54. The first-order chi connectivity index (χ1) is 8.56. The van der Waals surface area contributed by atoms with Gasteiger partial charge in [0.05, 0.1) is 23.5 Å². The minimum atomic E-state index is -1.03. The number of hydrogen-bond donors (Lipinski definition) is 4. The first-order valence-electron chi connectivity index (χ1n) is 5.72. The first kappa shape index (κ1) is 12.2. The molecule has 18 heavy (non-hydrogen) atoms. The summed E-state index contributed by atoms with van der Waals surface area (Å²) in [4.78, 5) is 22.2. The van der Waals surface area contributed by atoms with E-state index in [4.69, 9.17) is 10.8 Å². The molecular formula is C12H15N3O3. The Morgan fingerprint density at radius 2 is 2.11 bits per heavy atom. The van der Waals surface area contributed by atoms with Crippen molar-refractivity contribution in [3.63, 3.8) is 0 Å². The zero-order valence-electron chi connectivity index (χ0n) is 9.77. The summed E-state index contributed by atoms with van der Waals surface area (Å²) in [5.41, 5.74) is 6.70. The highest BCUT2D eigenvalue weighted by atomic mass is 16.4. The Balaban J connectivity index is 1.92. The van der Waals surface area contributed by atoms with Crippen LogP contribution in [0.1, 0.15) is 23.2 Å². The molecule has 0 heterocycles. The van der Waals surface area contributed by atoms with E-state index < -0.39 is 5.97 Å². The highest BCUT2D eigenvalue weighted by molar-refractivity contribution is 5.91. The van der Waals surface area contributed by atoms with Gasteiger partial charge in [0.25, 0.3) is 0 Å². The van der Waals surface area contributed by atoms with Crippen LogP contribution in [0.2, 0.25) is 0 Å². The molecule has 5 N–H and O–H groups in total. The van der Waals surface area contributed by atoms with Crippen LogP contribution in [0.4, 0.5) is 11.4 Å². The predicted octanol–water partition coefficient (Wildman–Crippen LogP) is 0.657.